The lowest BCUT2D eigenvalue weighted by atomic mass is 10.0. The zero-order valence-electron chi connectivity index (χ0n) is 18.4. The molecule has 7 heteroatoms. The summed E-state index contributed by atoms with van der Waals surface area (Å²) in [4.78, 5) is 15.4. The van der Waals surface area contributed by atoms with Gasteiger partial charge in [-0.15, -0.1) is 0 Å². The lowest BCUT2D eigenvalue weighted by Crippen LogP contribution is -2.41. The number of nitrogens with one attached hydrogen (secondary N) is 1. The number of aliphatic imine (C=N–C) groups is 1. The molecule has 0 spiro atoms. The van der Waals surface area contributed by atoms with E-state index in [1.54, 1.807) is 12.1 Å². The van der Waals surface area contributed by atoms with Crippen molar-refractivity contribution in [2.45, 2.75) is 23.9 Å². The van der Waals surface area contributed by atoms with Crippen LogP contribution >= 0.6 is 23.2 Å². The molecule has 1 aliphatic rings. The standard InChI is InChI=1S/C27H23Cl2FN2O2/c1-17(32-27(33)26(28)29)25(19-5-3-2-4-6-19)34-24-12-9-20-13-21(15-31-16-22(20)14-24)18-7-10-23(30)11-8-18/h2-14,16-17,25-26H,15H2,1H3,(H,32,33)/t17-,25-/m0/s1. The van der Waals surface area contributed by atoms with E-state index < -0.39 is 22.9 Å². The van der Waals surface area contributed by atoms with E-state index in [1.165, 1.54) is 12.1 Å². The van der Waals surface area contributed by atoms with Gasteiger partial charge in [0, 0.05) is 11.8 Å². The van der Waals surface area contributed by atoms with Crippen molar-refractivity contribution in [3.63, 3.8) is 0 Å². The molecule has 3 aromatic carbocycles. The third-order valence-corrected chi connectivity index (χ3v) is 5.90. The minimum Gasteiger partial charge on any atom is -0.484 e. The first-order valence-electron chi connectivity index (χ1n) is 10.8. The fourth-order valence-corrected chi connectivity index (χ4v) is 3.92. The van der Waals surface area contributed by atoms with Crippen molar-refractivity contribution in [1.29, 1.82) is 0 Å². The molecule has 1 amide bonds. The van der Waals surface area contributed by atoms with Crippen LogP contribution in [-0.2, 0) is 4.79 Å². The number of rotatable bonds is 7. The molecule has 2 atom stereocenters. The summed E-state index contributed by atoms with van der Waals surface area (Å²) in [5.41, 5.74) is 4.71. The van der Waals surface area contributed by atoms with Gasteiger partial charge in [-0.05, 0) is 59.5 Å². The fourth-order valence-electron chi connectivity index (χ4n) is 3.79. The smallest absolute Gasteiger partial charge is 0.253 e. The first-order chi connectivity index (χ1) is 16.4. The second kappa shape index (κ2) is 10.9. The number of nitrogens with zero attached hydrogens (tertiary/aromatic N) is 1. The number of halogens is 3. The van der Waals surface area contributed by atoms with Gasteiger partial charge >= 0.3 is 0 Å². The first-order valence-corrected chi connectivity index (χ1v) is 11.7. The molecule has 0 aromatic heterocycles. The van der Waals surface area contributed by atoms with Crippen molar-refractivity contribution in [2.75, 3.05) is 6.54 Å². The van der Waals surface area contributed by atoms with Crippen LogP contribution in [0.25, 0.3) is 11.6 Å². The monoisotopic (exact) mass is 496 g/mol. The first kappa shape index (κ1) is 24.0. The molecule has 0 radical (unpaired) electrons. The average molecular weight is 497 g/mol. The number of benzene rings is 3. The number of carbonyl (C=O) groups excluding carboxylic acids is 1. The molecule has 4 rings (SSSR count). The highest BCUT2D eigenvalue weighted by Crippen LogP contribution is 2.29. The summed E-state index contributed by atoms with van der Waals surface area (Å²) in [6, 6.07) is 21.4. The molecule has 0 unspecified atom stereocenters. The third-order valence-electron chi connectivity index (χ3n) is 5.51. The highest BCUT2D eigenvalue weighted by molar-refractivity contribution is 6.53. The molecule has 4 nitrogen and oxygen atoms in total. The second-order valence-corrected chi connectivity index (χ2v) is 9.08. The zero-order chi connectivity index (χ0) is 24.1. The maximum Gasteiger partial charge on any atom is 0.253 e. The molecule has 1 N–H and O–H groups in total. The molecule has 0 saturated heterocycles. The predicted octanol–water partition coefficient (Wildman–Crippen LogP) is 6.23. The minimum absolute atomic E-state index is 0.269. The van der Waals surface area contributed by atoms with E-state index in [2.05, 4.69) is 16.4 Å². The topological polar surface area (TPSA) is 50.7 Å². The Kier molecular flexibility index (Phi) is 7.66. The lowest BCUT2D eigenvalue weighted by Gasteiger charge is -2.27. The predicted molar refractivity (Wildman–Crippen MR) is 136 cm³/mol. The van der Waals surface area contributed by atoms with Crippen LogP contribution in [0.4, 0.5) is 4.39 Å². The van der Waals surface area contributed by atoms with Crippen LogP contribution in [0.2, 0.25) is 0 Å². The average Bonchev–Trinajstić information content (AvgIpc) is 3.05. The van der Waals surface area contributed by atoms with Crippen molar-refractivity contribution >= 4 is 47.0 Å². The van der Waals surface area contributed by atoms with Gasteiger partial charge in [-0.2, -0.15) is 0 Å². The quantitative estimate of drug-likeness (QED) is 0.394. The Morgan fingerprint density at radius 1 is 1.03 bits per heavy atom. The maximum absolute atomic E-state index is 13.3. The number of hydrogen-bond acceptors (Lipinski definition) is 3. The number of carbonyl (C=O) groups is 1. The second-order valence-electron chi connectivity index (χ2n) is 7.98. The highest BCUT2D eigenvalue weighted by Gasteiger charge is 2.25. The molecule has 0 aliphatic carbocycles. The third kappa shape index (κ3) is 5.85. The molecule has 34 heavy (non-hydrogen) atoms. The Balaban J connectivity index is 1.61. The summed E-state index contributed by atoms with van der Waals surface area (Å²) >= 11 is 11.4. The summed E-state index contributed by atoms with van der Waals surface area (Å²) < 4.78 is 19.7. The van der Waals surface area contributed by atoms with Crippen molar-refractivity contribution in [1.82, 2.24) is 5.32 Å². The number of amides is 1. The van der Waals surface area contributed by atoms with Crippen molar-refractivity contribution in [3.05, 3.63) is 101 Å². The summed E-state index contributed by atoms with van der Waals surface area (Å²) in [7, 11) is 0. The van der Waals surface area contributed by atoms with Crippen molar-refractivity contribution < 1.29 is 13.9 Å². The number of alkyl halides is 2. The number of fused-ring (bicyclic) bond motifs is 1. The molecular formula is C27H23Cl2FN2O2. The van der Waals surface area contributed by atoms with Gasteiger partial charge in [-0.3, -0.25) is 9.79 Å². The van der Waals surface area contributed by atoms with E-state index in [4.69, 9.17) is 27.9 Å². The number of ether oxygens (including phenoxy) is 1. The molecule has 3 aromatic rings. The SMILES string of the molecule is C[C@H](NC(=O)C(Cl)Cl)[C@H](Oc1ccc2c(c1)C=NCC(c1ccc(F)cc1)=C2)c1ccccc1. The highest BCUT2D eigenvalue weighted by atomic mass is 35.5. The summed E-state index contributed by atoms with van der Waals surface area (Å²) in [6.45, 7) is 2.33. The van der Waals surface area contributed by atoms with Gasteiger partial charge in [0.1, 0.15) is 17.7 Å². The lowest BCUT2D eigenvalue weighted by molar-refractivity contribution is -0.120. The van der Waals surface area contributed by atoms with Gasteiger partial charge in [0.05, 0.1) is 12.6 Å². The van der Waals surface area contributed by atoms with Gasteiger partial charge in [0.2, 0.25) is 0 Å². The zero-order valence-corrected chi connectivity index (χ0v) is 19.9. The van der Waals surface area contributed by atoms with E-state index in [0.29, 0.717) is 12.3 Å². The van der Waals surface area contributed by atoms with Crippen molar-refractivity contribution in [2.24, 2.45) is 4.99 Å². The normalized spacial score (nSPS) is 14.6. The fraction of sp³-hybridized carbons (Fsp3) is 0.185. The van der Waals surface area contributed by atoms with Crippen molar-refractivity contribution in [3.8, 4) is 5.75 Å². The van der Waals surface area contributed by atoms with Crippen LogP contribution in [0.3, 0.4) is 0 Å². The molecular weight excluding hydrogens is 474 g/mol. The van der Waals surface area contributed by atoms with Gasteiger partial charge in [0.15, 0.2) is 4.84 Å². The van der Waals surface area contributed by atoms with E-state index >= 15 is 0 Å². The van der Waals surface area contributed by atoms with Crippen LogP contribution in [0, 0.1) is 5.82 Å². The Morgan fingerprint density at radius 2 is 1.76 bits per heavy atom. The van der Waals surface area contributed by atoms with Gasteiger partial charge in [-0.1, -0.05) is 71.7 Å². The number of hydrogen-bond donors (Lipinski definition) is 1. The molecule has 0 bridgehead atoms. The van der Waals surface area contributed by atoms with Gasteiger partial charge in [0.25, 0.3) is 5.91 Å². The summed E-state index contributed by atoms with van der Waals surface area (Å²) in [6.07, 6.45) is 3.39. The summed E-state index contributed by atoms with van der Waals surface area (Å²) in [5.74, 6) is -0.116. The van der Waals surface area contributed by atoms with Crippen LogP contribution in [0.5, 0.6) is 5.75 Å². The Hall–Kier alpha value is -3.15. The van der Waals surface area contributed by atoms with Crippen LogP contribution < -0.4 is 10.1 Å². The molecule has 0 fully saturated rings. The van der Waals surface area contributed by atoms with Crippen LogP contribution in [0.1, 0.15) is 35.3 Å². The van der Waals surface area contributed by atoms with Crippen LogP contribution in [0.15, 0.2) is 77.8 Å². The molecule has 174 valence electrons. The van der Waals surface area contributed by atoms with E-state index in [9.17, 15) is 9.18 Å². The molecule has 1 heterocycles. The largest absolute Gasteiger partial charge is 0.484 e. The Morgan fingerprint density at radius 3 is 2.47 bits per heavy atom. The van der Waals surface area contributed by atoms with Gasteiger partial charge < -0.3 is 10.1 Å². The molecule has 0 saturated carbocycles. The van der Waals surface area contributed by atoms with E-state index in [-0.39, 0.29) is 5.82 Å². The Labute approximate surface area is 208 Å². The molecule has 1 aliphatic heterocycles. The summed E-state index contributed by atoms with van der Waals surface area (Å²) in [5, 5.41) is 2.81. The van der Waals surface area contributed by atoms with Gasteiger partial charge in [-0.25, -0.2) is 4.39 Å². The maximum atomic E-state index is 13.3. The minimum atomic E-state index is -1.16. The van der Waals surface area contributed by atoms with E-state index in [0.717, 1.165) is 27.8 Å². The van der Waals surface area contributed by atoms with Crippen LogP contribution in [-0.4, -0.2) is 29.5 Å². The Bertz CT molecular complexity index is 1210. The van der Waals surface area contributed by atoms with E-state index in [1.807, 2.05) is 61.7 Å².